The Labute approximate surface area is 156 Å². The summed E-state index contributed by atoms with van der Waals surface area (Å²) in [5, 5.41) is 7.71. The third-order valence-corrected chi connectivity index (χ3v) is 5.56. The Morgan fingerprint density at radius 1 is 0.444 bits per heavy atom. The molecule has 0 aliphatic carbocycles. The molecule has 1 aromatic heterocycles. The van der Waals surface area contributed by atoms with Crippen molar-refractivity contribution in [1.82, 2.24) is 4.98 Å². The zero-order valence-corrected chi connectivity index (χ0v) is 14.7. The van der Waals surface area contributed by atoms with Gasteiger partial charge in [0.15, 0.2) is 0 Å². The van der Waals surface area contributed by atoms with Crippen LogP contribution in [0.5, 0.6) is 0 Å². The van der Waals surface area contributed by atoms with Gasteiger partial charge in [-0.3, -0.25) is 0 Å². The second-order valence-electron chi connectivity index (χ2n) is 7.16. The Balaban J connectivity index is 1.66. The van der Waals surface area contributed by atoms with Gasteiger partial charge in [-0.15, -0.1) is 0 Å². The van der Waals surface area contributed by atoms with Crippen LogP contribution in [-0.2, 0) is 0 Å². The van der Waals surface area contributed by atoms with E-state index in [0.717, 1.165) is 0 Å². The molecule has 0 aliphatic rings. The van der Waals surface area contributed by atoms with Crippen LogP contribution < -0.4 is 0 Å². The molecule has 0 saturated heterocycles. The summed E-state index contributed by atoms with van der Waals surface area (Å²) in [5.41, 5.74) is 4.91. The van der Waals surface area contributed by atoms with E-state index in [4.69, 9.17) is 0 Å². The Hall–Kier alpha value is -3.58. The lowest BCUT2D eigenvalue weighted by molar-refractivity contribution is 1.54. The Morgan fingerprint density at radius 2 is 1.19 bits per heavy atom. The van der Waals surface area contributed by atoms with E-state index < -0.39 is 0 Å². The molecule has 0 amide bonds. The lowest BCUT2D eigenvalue weighted by Crippen LogP contribution is -1.83. The molecule has 0 bridgehead atoms. The van der Waals surface area contributed by atoms with Crippen molar-refractivity contribution >= 4 is 43.4 Å². The molecule has 5 aromatic carbocycles. The number of rotatable bonds is 1. The fourth-order valence-electron chi connectivity index (χ4n) is 4.23. The van der Waals surface area contributed by atoms with Gasteiger partial charge in [0.05, 0.1) is 0 Å². The highest BCUT2D eigenvalue weighted by Gasteiger charge is 2.09. The fraction of sp³-hybridized carbons (Fsp3) is 0. The molecule has 1 nitrogen and oxygen atoms in total. The number of fused-ring (bicyclic) bond motifs is 5. The first-order chi connectivity index (χ1) is 13.4. The van der Waals surface area contributed by atoms with Crippen molar-refractivity contribution in [2.24, 2.45) is 0 Å². The van der Waals surface area contributed by atoms with Gasteiger partial charge in [-0.2, -0.15) is 0 Å². The number of para-hydroxylation sites is 1. The van der Waals surface area contributed by atoms with Crippen LogP contribution in [-0.4, -0.2) is 4.98 Å². The third-order valence-electron chi connectivity index (χ3n) is 5.56. The molecule has 1 heterocycles. The summed E-state index contributed by atoms with van der Waals surface area (Å²) in [7, 11) is 0. The van der Waals surface area contributed by atoms with Gasteiger partial charge in [0.2, 0.25) is 0 Å². The molecule has 1 heteroatoms. The van der Waals surface area contributed by atoms with Crippen LogP contribution in [0.15, 0.2) is 97.1 Å². The maximum Gasteiger partial charge on any atom is 0.0465 e. The van der Waals surface area contributed by atoms with E-state index in [-0.39, 0.29) is 0 Å². The average Bonchev–Trinajstić information content (AvgIpc) is 3.09. The molecule has 27 heavy (non-hydrogen) atoms. The van der Waals surface area contributed by atoms with Gasteiger partial charge in [-0.25, -0.2) is 0 Å². The molecule has 0 radical (unpaired) electrons. The molecule has 0 atom stereocenters. The Bertz CT molecular complexity index is 1470. The van der Waals surface area contributed by atoms with Crippen molar-refractivity contribution in [2.75, 3.05) is 0 Å². The maximum atomic E-state index is 3.52. The second kappa shape index (κ2) is 5.46. The highest BCUT2D eigenvalue weighted by atomic mass is 14.7. The van der Waals surface area contributed by atoms with Crippen molar-refractivity contribution in [3.05, 3.63) is 97.1 Å². The molecule has 0 spiro atoms. The summed E-state index contributed by atoms with van der Waals surface area (Å²) in [6.07, 6.45) is 0. The van der Waals surface area contributed by atoms with Crippen molar-refractivity contribution < 1.29 is 0 Å². The number of nitrogens with one attached hydrogen (secondary N) is 1. The van der Waals surface area contributed by atoms with E-state index in [1.807, 2.05) is 0 Å². The number of aromatic nitrogens is 1. The van der Waals surface area contributed by atoms with E-state index in [1.165, 1.54) is 54.5 Å². The predicted molar refractivity (Wildman–Crippen MR) is 116 cm³/mol. The van der Waals surface area contributed by atoms with Crippen molar-refractivity contribution in [3.8, 4) is 11.1 Å². The number of hydrogen-bond acceptors (Lipinski definition) is 0. The normalized spacial score (nSPS) is 11.7. The van der Waals surface area contributed by atoms with Crippen LogP contribution in [0.1, 0.15) is 0 Å². The topological polar surface area (TPSA) is 15.8 Å². The first-order valence-electron chi connectivity index (χ1n) is 9.29. The van der Waals surface area contributed by atoms with E-state index in [0.29, 0.717) is 0 Å². The Kier molecular flexibility index (Phi) is 2.95. The van der Waals surface area contributed by atoms with E-state index in [1.54, 1.807) is 0 Å². The highest BCUT2D eigenvalue weighted by molar-refractivity contribution is 6.10. The van der Waals surface area contributed by atoms with E-state index in [9.17, 15) is 0 Å². The average molecular weight is 343 g/mol. The van der Waals surface area contributed by atoms with Crippen LogP contribution in [0.2, 0.25) is 0 Å². The molecule has 126 valence electrons. The molecule has 1 N–H and O–H groups in total. The number of benzene rings is 5. The van der Waals surface area contributed by atoms with E-state index >= 15 is 0 Å². The zero-order chi connectivity index (χ0) is 17.8. The first-order valence-corrected chi connectivity index (χ1v) is 9.29. The molecule has 6 aromatic rings. The highest BCUT2D eigenvalue weighted by Crippen LogP contribution is 2.35. The van der Waals surface area contributed by atoms with Crippen LogP contribution in [0, 0.1) is 0 Å². The first kappa shape index (κ1) is 14.6. The maximum absolute atomic E-state index is 3.52. The molecule has 0 saturated carbocycles. The smallest absolute Gasteiger partial charge is 0.0465 e. The lowest BCUT2D eigenvalue weighted by atomic mass is 9.95. The predicted octanol–water partition coefficient (Wildman–Crippen LogP) is 7.29. The number of H-pyrrole nitrogens is 1. The van der Waals surface area contributed by atoms with Gasteiger partial charge in [-0.1, -0.05) is 66.7 Å². The summed E-state index contributed by atoms with van der Waals surface area (Å²) < 4.78 is 0. The van der Waals surface area contributed by atoms with Crippen molar-refractivity contribution in [2.45, 2.75) is 0 Å². The number of hydrogen-bond donors (Lipinski definition) is 1. The summed E-state index contributed by atoms with van der Waals surface area (Å²) >= 11 is 0. The van der Waals surface area contributed by atoms with E-state index in [2.05, 4.69) is 102 Å². The molecule has 6 rings (SSSR count). The van der Waals surface area contributed by atoms with Gasteiger partial charge in [0.1, 0.15) is 0 Å². The minimum atomic E-state index is 1.19. The minimum absolute atomic E-state index is 1.19. The zero-order valence-electron chi connectivity index (χ0n) is 14.7. The molecule has 0 fully saturated rings. The second-order valence-corrected chi connectivity index (χ2v) is 7.16. The largest absolute Gasteiger partial charge is 0.355 e. The van der Waals surface area contributed by atoms with Gasteiger partial charge in [0, 0.05) is 21.8 Å². The third kappa shape index (κ3) is 2.18. The molecular formula is C26H17N. The molecule has 0 unspecified atom stereocenters. The quantitative estimate of drug-likeness (QED) is 0.302. The SMILES string of the molecule is c1ccc2cc3c(-c4ccc5[nH]c6ccccc6c5c4)cccc3cc2c1. The van der Waals surface area contributed by atoms with Crippen molar-refractivity contribution in [1.29, 1.82) is 0 Å². The molecular weight excluding hydrogens is 326 g/mol. The lowest BCUT2D eigenvalue weighted by Gasteiger charge is -2.09. The van der Waals surface area contributed by atoms with Crippen LogP contribution >= 0.6 is 0 Å². The summed E-state index contributed by atoms with van der Waals surface area (Å²) in [6, 6.07) is 35.0. The molecule has 0 aliphatic heterocycles. The summed E-state index contributed by atoms with van der Waals surface area (Å²) in [5.74, 6) is 0. The van der Waals surface area contributed by atoms with Gasteiger partial charge >= 0.3 is 0 Å². The number of aromatic amines is 1. The van der Waals surface area contributed by atoms with Crippen LogP contribution in [0.25, 0.3) is 54.5 Å². The Morgan fingerprint density at radius 3 is 2.11 bits per heavy atom. The van der Waals surface area contributed by atoms with Gasteiger partial charge < -0.3 is 4.98 Å². The van der Waals surface area contributed by atoms with Gasteiger partial charge in [0.25, 0.3) is 0 Å². The monoisotopic (exact) mass is 343 g/mol. The fourth-order valence-corrected chi connectivity index (χ4v) is 4.23. The van der Waals surface area contributed by atoms with Crippen LogP contribution in [0.3, 0.4) is 0 Å². The van der Waals surface area contributed by atoms with Crippen LogP contribution in [0.4, 0.5) is 0 Å². The minimum Gasteiger partial charge on any atom is -0.355 e. The summed E-state index contributed by atoms with van der Waals surface area (Å²) in [4.78, 5) is 3.52. The summed E-state index contributed by atoms with van der Waals surface area (Å²) in [6.45, 7) is 0. The van der Waals surface area contributed by atoms with Gasteiger partial charge in [-0.05, 0) is 63.0 Å². The standard InChI is InChI=1S/C26H17N/c1-2-7-18-15-23-19(14-17(18)6-1)8-5-10-21(23)20-12-13-26-24(16-20)22-9-3-4-11-25(22)27-26/h1-16,27H. The van der Waals surface area contributed by atoms with Crippen molar-refractivity contribution in [3.63, 3.8) is 0 Å².